The number of rotatable bonds is 6. The van der Waals surface area contributed by atoms with E-state index in [-0.39, 0.29) is 30.4 Å². The van der Waals surface area contributed by atoms with Crippen molar-refractivity contribution < 1.29 is 29.0 Å². The van der Waals surface area contributed by atoms with Crippen LogP contribution in [0.2, 0.25) is 5.02 Å². The molecule has 9 heteroatoms. The van der Waals surface area contributed by atoms with Gasteiger partial charge in [-0.3, -0.25) is 24.1 Å². The zero-order chi connectivity index (χ0) is 34.9. The second kappa shape index (κ2) is 11.8. The summed E-state index contributed by atoms with van der Waals surface area (Å²) in [5.41, 5.74) is 1.90. The third-order valence-corrected chi connectivity index (χ3v) is 11.3. The second-order valence-corrected chi connectivity index (χ2v) is 13.8. The number of fused-ring (bicyclic) bond motifs is 4. The van der Waals surface area contributed by atoms with Crippen molar-refractivity contribution in [1.82, 2.24) is 0 Å². The quantitative estimate of drug-likeness (QED) is 0.172. The van der Waals surface area contributed by atoms with Gasteiger partial charge < -0.3 is 9.84 Å². The van der Waals surface area contributed by atoms with E-state index in [1.807, 2.05) is 36.4 Å². The van der Waals surface area contributed by atoms with E-state index in [2.05, 4.69) is 6.58 Å². The lowest BCUT2D eigenvalue weighted by Gasteiger charge is -2.50. The Hall–Kier alpha value is -5.47. The minimum Gasteiger partial charge on any atom is -0.508 e. The fourth-order valence-corrected chi connectivity index (χ4v) is 9.18. The summed E-state index contributed by atoms with van der Waals surface area (Å²) in [5.74, 6) is -4.95. The molecular formula is C41H33ClN2O6. The van der Waals surface area contributed by atoms with E-state index in [1.165, 1.54) is 23.0 Å². The molecule has 1 N–H and O–H groups in total. The van der Waals surface area contributed by atoms with Gasteiger partial charge in [0, 0.05) is 16.5 Å². The van der Waals surface area contributed by atoms with Gasteiger partial charge in [-0.15, -0.1) is 0 Å². The molecule has 1 saturated carbocycles. The number of methoxy groups -OCH3 is 1. The summed E-state index contributed by atoms with van der Waals surface area (Å²) >= 11 is 6.39. The lowest BCUT2D eigenvalue weighted by molar-refractivity contribution is -0.127. The highest BCUT2D eigenvalue weighted by Gasteiger charge is 2.70. The average molecular weight is 685 g/mol. The van der Waals surface area contributed by atoms with Crippen LogP contribution in [0.15, 0.2) is 115 Å². The maximum Gasteiger partial charge on any atom is 0.246 e. The predicted octanol–water partition coefficient (Wildman–Crippen LogP) is 7.06. The summed E-state index contributed by atoms with van der Waals surface area (Å²) in [7, 11) is 1.52. The van der Waals surface area contributed by atoms with Crippen LogP contribution in [0.25, 0.3) is 6.08 Å². The van der Waals surface area contributed by atoms with E-state index in [9.17, 15) is 19.5 Å². The first-order valence-corrected chi connectivity index (χ1v) is 16.9. The van der Waals surface area contributed by atoms with Crippen LogP contribution in [-0.4, -0.2) is 35.8 Å². The molecule has 2 saturated heterocycles. The van der Waals surface area contributed by atoms with Crippen LogP contribution in [0, 0.1) is 23.7 Å². The summed E-state index contributed by atoms with van der Waals surface area (Å²) in [4.78, 5) is 61.2. The monoisotopic (exact) mass is 684 g/mol. The van der Waals surface area contributed by atoms with Crippen molar-refractivity contribution in [2.24, 2.45) is 23.7 Å². The molecule has 2 aliphatic carbocycles. The lowest BCUT2D eigenvalue weighted by Crippen LogP contribution is -2.53. The maximum atomic E-state index is 15.3. The third kappa shape index (κ3) is 4.44. The van der Waals surface area contributed by atoms with Crippen molar-refractivity contribution in [1.29, 1.82) is 0 Å². The molecule has 4 amide bonds. The number of allylic oxidation sites excluding steroid dienone is 2. The van der Waals surface area contributed by atoms with Crippen LogP contribution >= 0.6 is 11.6 Å². The number of phenols is 1. The number of aromatic hydroxyl groups is 1. The molecule has 0 spiro atoms. The first-order chi connectivity index (χ1) is 24.2. The van der Waals surface area contributed by atoms with Crippen molar-refractivity contribution in [2.45, 2.75) is 24.2 Å². The smallest absolute Gasteiger partial charge is 0.246 e. The number of amides is 4. The number of hydrogen-bond donors (Lipinski definition) is 1. The van der Waals surface area contributed by atoms with Crippen molar-refractivity contribution in [3.05, 3.63) is 137 Å². The minimum atomic E-state index is -1.51. The fourth-order valence-electron chi connectivity index (χ4n) is 8.99. The molecule has 0 unspecified atom stereocenters. The molecule has 8 rings (SSSR count). The summed E-state index contributed by atoms with van der Waals surface area (Å²) in [6, 6.07) is 27.7. The van der Waals surface area contributed by atoms with Gasteiger partial charge in [-0.2, -0.15) is 0 Å². The summed E-state index contributed by atoms with van der Waals surface area (Å²) in [6.07, 6.45) is 4.06. The molecule has 6 atom stereocenters. The summed E-state index contributed by atoms with van der Waals surface area (Å²) in [6.45, 7) is 3.79. The number of halogens is 1. The van der Waals surface area contributed by atoms with Gasteiger partial charge in [-0.25, -0.2) is 4.90 Å². The van der Waals surface area contributed by atoms with Crippen molar-refractivity contribution in [2.75, 3.05) is 16.9 Å². The number of anilines is 2. The van der Waals surface area contributed by atoms with Crippen LogP contribution in [0.5, 0.6) is 11.5 Å². The standard InChI is InChI=1S/C41H33ClN2O6/c1-3-23-12-14-26(15-13-23)43-37(46)30-18-17-29-31(35(30)39(43)48)22-33-38(47)44(27-11-7-10-25(42)20-27)40(49)41(33,24-8-5-4-6-9-24)36(29)32-21-28(50-2)16-19-34(32)45/h3-17,19-21,30-31,33,35-36,45H,1,18,22H2,2H3/t30-,31+,33-,35-,36+,41+/m0/s1. The molecule has 2 heterocycles. The van der Waals surface area contributed by atoms with Gasteiger partial charge in [0.05, 0.1) is 41.7 Å². The summed E-state index contributed by atoms with van der Waals surface area (Å²) in [5, 5.41) is 12.0. The fraction of sp³-hybridized carbons (Fsp3) is 0.220. The predicted molar refractivity (Wildman–Crippen MR) is 190 cm³/mol. The molecule has 4 aromatic carbocycles. The first-order valence-electron chi connectivity index (χ1n) is 16.6. The van der Waals surface area contributed by atoms with Crippen molar-refractivity contribution in [3.63, 3.8) is 0 Å². The van der Waals surface area contributed by atoms with E-state index in [1.54, 1.807) is 66.7 Å². The van der Waals surface area contributed by atoms with Crippen LogP contribution in [0.3, 0.4) is 0 Å². The Balaban J connectivity index is 1.35. The molecule has 250 valence electrons. The number of carbonyl (C=O) groups is 4. The van der Waals surface area contributed by atoms with Gasteiger partial charge in [0.15, 0.2) is 0 Å². The average Bonchev–Trinajstić information content (AvgIpc) is 3.53. The van der Waals surface area contributed by atoms with E-state index in [4.69, 9.17) is 16.3 Å². The van der Waals surface area contributed by atoms with Gasteiger partial charge in [0.2, 0.25) is 23.6 Å². The van der Waals surface area contributed by atoms with Gasteiger partial charge in [-0.1, -0.05) is 84.4 Å². The topological polar surface area (TPSA) is 104 Å². The van der Waals surface area contributed by atoms with E-state index >= 15 is 4.79 Å². The van der Waals surface area contributed by atoms with Gasteiger partial charge in [0.25, 0.3) is 0 Å². The van der Waals surface area contributed by atoms with E-state index in [0.29, 0.717) is 33.3 Å². The van der Waals surface area contributed by atoms with Gasteiger partial charge in [0.1, 0.15) is 11.5 Å². The van der Waals surface area contributed by atoms with Crippen molar-refractivity contribution >= 4 is 52.7 Å². The van der Waals surface area contributed by atoms with Gasteiger partial charge >= 0.3 is 0 Å². The van der Waals surface area contributed by atoms with Crippen molar-refractivity contribution in [3.8, 4) is 11.5 Å². The number of nitrogens with zero attached hydrogens (tertiary/aromatic N) is 2. The molecule has 2 aliphatic heterocycles. The molecule has 0 radical (unpaired) electrons. The molecule has 8 nitrogen and oxygen atoms in total. The Labute approximate surface area is 294 Å². The number of ether oxygens (including phenoxy) is 1. The third-order valence-electron chi connectivity index (χ3n) is 11.1. The number of phenolic OH excluding ortho intramolecular Hbond substituents is 1. The zero-order valence-corrected chi connectivity index (χ0v) is 27.9. The second-order valence-electron chi connectivity index (χ2n) is 13.3. The largest absolute Gasteiger partial charge is 0.508 e. The van der Waals surface area contributed by atoms with Crippen LogP contribution in [0.4, 0.5) is 11.4 Å². The van der Waals surface area contributed by atoms with E-state index in [0.717, 1.165) is 11.1 Å². The Morgan fingerprint density at radius 1 is 0.840 bits per heavy atom. The normalized spacial score (nSPS) is 27.1. The van der Waals surface area contributed by atoms with Gasteiger partial charge in [-0.05, 0) is 78.4 Å². The van der Waals surface area contributed by atoms with E-state index < -0.39 is 46.8 Å². The highest BCUT2D eigenvalue weighted by Crippen LogP contribution is 2.65. The van der Waals surface area contributed by atoms with Crippen LogP contribution in [-0.2, 0) is 24.6 Å². The molecule has 0 aromatic heterocycles. The Morgan fingerprint density at radius 3 is 2.30 bits per heavy atom. The zero-order valence-electron chi connectivity index (χ0n) is 27.2. The Morgan fingerprint density at radius 2 is 1.60 bits per heavy atom. The maximum absolute atomic E-state index is 15.3. The Kier molecular flexibility index (Phi) is 7.53. The molecule has 3 fully saturated rings. The van der Waals surface area contributed by atoms with Crippen LogP contribution in [0.1, 0.15) is 35.4 Å². The number of benzene rings is 4. The highest BCUT2D eigenvalue weighted by atomic mass is 35.5. The molecular weight excluding hydrogens is 652 g/mol. The first kappa shape index (κ1) is 31.8. The molecule has 4 aliphatic rings. The number of imide groups is 2. The summed E-state index contributed by atoms with van der Waals surface area (Å²) < 4.78 is 5.60. The minimum absolute atomic E-state index is 0.0762. The Bertz CT molecular complexity index is 2130. The van der Waals surface area contributed by atoms with Crippen LogP contribution < -0.4 is 14.5 Å². The number of carbonyl (C=O) groups excluding carboxylic acids is 4. The molecule has 0 bridgehead atoms. The lowest BCUT2D eigenvalue weighted by atomic mass is 9.49. The molecule has 50 heavy (non-hydrogen) atoms. The highest BCUT2D eigenvalue weighted by molar-refractivity contribution is 6.32. The number of hydrogen-bond acceptors (Lipinski definition) is 6. The molecule has 4 aromatic rings. The SMILES string of the molecule is C=Cc1ccc(N2C(=O)[C@H]3[C@H](CC=C4[C@H]3C[C@H]3C(=O)N(c5cccc(Cl)c5)C(=O)[C@@]3(c3ccccc3)[C@H]4c3cc(OC)ccc3O)C2=O)cc1.